The molecule has 0 N–H and O–H groups in total. The second kappa shape index (κ2) is 9.20. The summed E-state index contributed by atoms with van der Waals surface area (Å²) >= 11 is 1.52. The fraction of sp³-hybridized carbons (Fsp3) is 0.435. The van der Waals surface area contributed by atoms with E-state index in [0.29, 0.717) is 25.3 Å². The molecule has 4 rings (SSSR count). The van der Waals surface area contributed by atoms with Crippen molar-refractivity contribution in [1.29, 1.82) is 0 Å². The van der Waals surface area contributed by atoms with Crippen LogP contribution in [0, 0.1) is 0 Å². The van der Waals surface area contributed by atoms with Gasteiger partial charge in [0, 0.05) is 51.3 Å². The molecule has 1 fully saturated rings. The topological polar surface area (TPSA) is 61.2 Å². The average Bonchev–Trinajstić information content (AvgIpc) is 3.38. The van der Waals surface area contributed by atoms with Gasteiger partial charge >= 0.3 is 0 Å². The second-order valence-corrected chi connectivity index (χ2v) is 8.86. The number of amides is 2. The van der Waals surface area contributed by atoms with Crippen molar-refractivity contribution in [2.75, 3.05) is 33.2 Å². The number of thiazole rings is 1. The number of aromatic nitrogens is 2. The summed E-state index contributed by atoms with van der Waals surface area (Å²) in [6.45, 7) is 7.33. The first-order valence-electron chi connectivity index (χ1n) is 10.8. The Balaban J connectivity index is 1.53. The number of nitrogens with zero attached hydrogens (tertiary/aromatic N) is 5. The Bertz CT molecular complexity index is 1060. The fourth-order valence-electron chi connectivity index (χ4n) is 4.07. The quantitative estimate of drug-likeness (QED) is 0.568. The lowest BCUT2D eigenvalue weighted by atomic mass is 10.1. The standard InChI is InChI=1S/C23H29N5O2S/c1-4-26-12-13-27(17(2)21(26)29)16-19-20(24-23-28(19)14-15-31-23)22(30)25(3)11-10-18-8-6-5-7-9-18/h5-9,14-15,17H,4,10-13,16H2,1-3H3/t17-/m0/s1. The van der Waals surface area contributed by atoms with Crippen LogP contribution in [0.25, 0.3) is 4.96 Å². The van der Waals surface area contributed by atoms with Gasteiger partial charge in [-0.3, -0.25) is 18.9 Å². The number of fused-ring (bicyclic) bond motifs is 1. The number of rotatable bonds is 7. The summed E-state index contributed by atoms with van der Waals surface area (Å²) in [5, 5.41) is 1.98. The molecule has 0 saturated carbocycles. The number of hydrogen-bond donors (Lipinski definition) is 0. The minimum absolute atomic E-state index is 0.0759. The molecule has 3 aromatic rings. The molecule has 1 aliphatic rings. The second-order valence-electron chi connectivity index (χ2n) is 7.99. The predicted octanol–water partition coefficient (Wildman–Crippen LogP) is 2.76. The Hall–Kier alpha value is -2.71. The molecule has 1 atom stereocenters. The number of hydrogen-bond acceptors (Lipinski definition) is 5. The zero-order valence-corrected chi connectivity index (χ0v) is 19.1. The molecule has 2 amide bonds. The highest BCUT2D eigenvalue weighted by atomic mass is 32.1. The van der Waals surface area contributed by atoms with Crippen molar-refractivity contribution in [2.24, 2.45) is 0 Å². The summed E-state index contributed by atoms with van der Waals surface area (Å²) in [7, 11) is 1.83. The SMILES string of the molecule is CCN1CCN(Cc2c(C(=O)N(C)CCc3ccccc3)nc3sccn23)[C@@H](C)C1=O. The molecule has 7 nitrogen and oxygen atoms in total. The molecular weight excluding hydrogens is 410 g/mol. The molecule has 8 heteroatoms. The van der Waals surface area contributed by atoms with E-state index >= 15 is 0 Å². The Morgan fingerprint density at radius 1 is 1.26 bits per heavy atom. The molecule has 0 bridgehead atoms. The highest BCUT2D eigenvalue weighted by Crippen LogP contribution is 2.23. The Morgan fingerprint density at radius 3 is 2.77 bits per heavy atom. The van der Waals surface area contributed by atoms with Crippen molar-refractivity contribution in [2.45, 2.75) is 32.9 Å². The van der Waals surface area contributed by atoms with Crippen LogP contribution in [0.1, 0.15) is 35.6 Å². The zero-order chi connectivity index (χ0) is 22.0. The molecule has 1 saturated heterocycles. The van der Waals surface area contributed by atoms with Gasteiger partial charge in [-0.05, 0) is 25.8 Å². The molecule has 0 radical (unpaired) electrons. The van der Waals surface area contributed by atoms with Crippen molar-refractivity contribution in [3.05, 3.63) is 58.9 Å². The van der Waals surface area contributed by atoms with Gasteiger partial charge in [0.05, 0.1) is 11.7 Å². The lowest BCUT2D eigenvalue weighted by molar-refractivity contribution is -0.141. The fourth-order valence-corrected chi connectivity index (χ4v) is 4.81. The summed E-state index contributed by atoms with van der Waals surface area (Å²) in [6, 6.07) is 9.96. The molecule has 1 aromatic carbocycles. The number of benzene rings is 1. The normalized spacial score (nSPS) is 17.5. The minimum Gasteiger partial charge on any atom is -0.340 e. The van der Waals surface area contributed by atoms with E-state index in [4.69, 9.17) is 0 Å². The minimum atomic E-state index is -0.211. The number of carbonyl (C=O) groups excluding carboxylic acids is 2. The molecule has 2 aromatic heterocycles. The van der Waals surface area contributed by atoms with Gasteiger partial charge in [0.15, 0.2) is 10.7 Å². The molecule has 31 heavy (non-hydrogen) atoms. The van der Waals surface area contributed by atoms with Crippen molar-refractivity contribution in [1.82, 2.24) is 24.1 Å². The van der Waals surface area contributed by atoms with E-state index in [2.05, 4.69) is 22.0 Å². The highest BCUT2D eigenvalue weighted by molar-refractivity contribution is 7.15. The van der Waals surface area contributed by atoms with E-state index in [1.165, 1.54) is 16.9 Å². The van der Waals surface area contributed by atoms with E-state index in [1.807, 2.05) is 60.0 Å². The Morgan fingerprint density at radius 2 is 2.03 bits per heavy atom. The first-order valence-corrected chi connectivity index (χ1v) is 11.6. The van der Waals surface area contributed by atoms with Gasteiger partial charge < -0.3 is 9.80 Å². The van der Waals surface area contributed by atoms with E-state index in [-0.39, 0.29) is 17.9 Å². The largest absolute Gasteiger partial charge is 0.340 e. The summed E-state index contributed by atoms with van der Waals surface area (Å²) in [6.07, 6.45) is 2.75. The van der Waals surface area contributed by atoms with E-state index in [9.17, 15) is 9.59 Å². The van der Waals surface area contributed by atoms with Gasteiger partial charge in [0.1, 0.15) is 0 Å². The summed E-state index contributed by atoms with van der Waals surface area (Å²) < 4.78 is 1.99. The van der Waals surface area contributed by atoms with Gasteiger partial charge in [0.2, 0.25) is 5.91 Å². The maximum absolute atomic E-state index is 13.3. The van der Waals surface area contributed by atoms with Gasteiger partial charge in [-0.15, -0.1) is 11.3 Å². The van der Waals surface area contributed by atoms with Gasteiger partial charge in [-0.2, -0.15) is 0 Å². The first kappa shape index (κ1) is 21.5. The van der Waals surface area contributed by atoms with E-state index in [0.717, 1.165) is 30.2 Å². The average molecular weight is 440 g/mol. The van der Waals surface area contributed by atoms with Crippen LogP contribution in [0.3, 0.4) is 0 Å². The monoisotopic (exact) mass is 439 g/mol. The summed E-state index contributed by atoms with van der Waals surface area (Å²) in [5.41, 5.74) is 2.55. The smallest absolute Gasteiger partial charge is 0.274 e. The van der Waals surface area contributed by atoms with Crippen LogP contribution in [0.4, 0.5) is 0 Å². The van der Waals surface area contributed by atoms with Gasteiger partial charge in [0.25, 0.3) is 5.91 Å². The van der Waals surface area contributed by atoms with Crippen LogP contribution in [0.5, 0.6) is 0 Å². The lowest BCUT2D eigenvalue weighted by Crippen LogP contribution is -2.55. The highest BCUT2D eigenvalue weighted by Gasteiger charge is 2.33. The molecular formula is C23H29N5O2S. The van der Waals surface area contributed by atoms with Crippen molar-refractivity contribution in [3.8, 4) is 0 Å². The number of piperazine rings is 1. The van der Waals surface area contributed by atoms with E-state index < -0.39 is 0 Å². The lowest BCUT2D eigenvalue weighted by Gasteiger charge is -2.38. The van der Waals surface area contributed by atoms with Crippen LogP contribution in [-0.2, 0) is 17.8 Å². The third-order valence-electron chi connectivity index (χ3n) is 6.10. The predicted molar refractivity (Wildman–Crippen MR) is 122 cm³/mol. The number of carbonyl (C=O) groups is 2. The van der Waals surface area contributed by atoms with Crippen molar-refractivity contribution in [3.63, 3.8) is 0 Å². The van der Waals surface area contributed by atoms with Crippen LogP contribution in [-0.4, -0.2) is 75.2 Å². The maximum Gasteiger partial charge on any atom is 0.274 e. The van der Waals surface area contributed by atoms with E-state index in [1.54, 1.807) is 4.90 Å². The van der Waals surface area contributed by atoms with Crippen LogP contribution < -0.4 is 0 Å². The van der Waals surface area contributed by atoms with Crippen molar-refractivity contribution < 1.29 is 9.59 Å². The summed E-state index contributed by atoms with van der Waals surface area (Å²) in [4.78, 5) is 37.2. The first-order chi connectivity index (χ1) is 15.0. The summed E-state index contributed by atoms with van der Waals surface area (Å²) in [5.74, 6) is 0.0701. The number of likely N-dealkylation sites (N-methyl/N-ethyl adjacent to an activating group) is 2. The zero-order valence-electron chi connectivity index (χ0n) is 18.3. The van der Waals surface area contributed by atoms with Gasteiger partial charge in [-0.25, -0.2) is 4.98 Å². The molecule has 0 spiro atoms. The molecule has 0 aliphatic carbocycles. The Kier molecular flexibility index (Phi) is 6.38. The maximum atomic E-state index is 13.3. The third kappa shape index (κ3) is 4.36. The van der Waals surface area contributed by atoms with Crippen molar-refractivity contribution >= 4 is 28.1 Å². The van der Waals surface area contributed by atoms with Crippen LogP contribution in [0.2, 0.25) is 0 Å². The molecule has 3 heterocycles. The molecule has 164 valence electrons. The van der Waals surface area contributed by atoms with Gasteiger partial charge in [-0.1, -0.05) is 30.3 Å². The van der Waals surface area contributed by atoms with Crippen LogP contribution in [0.15, 0.2) is 41.9 Å². The molecule has 1 aliphatic heterocycles. The Labute approximate surface area is 186 Å². The molecule has 0 unspecified atom stereocenters. The van der Waals surface area contributed by atoms with Crippen LogP contribution >= 0.6 is 11.3 Å². The third-order valence-corrected chi connectivity index (χ3v) is 6.85. The number of imidazole rings is 1.